The molecule has 1 heterocycles. The fourth-order valence-electron chi connectivity index (χ4n) is 2.76. The first kappa shape index (κ1) is 16.6. The molecule has 0 atom stereocenters. The predicted molar refractivity (Wildman–Crippen MR) is 88.0 cm³/mol. The molecule has 116 valence electrons. The van der Waals surface area contributed by atoms with Crippen LogP contribution in [0.2, 0.25) is 10.0 Å². The van der Waals surface area contributed by atoms with Crippen molar-refractivity contribution in [3.05, 3.63) is 33.8 Å². The molecule has 0 saturated carbocycles. The monoisotopic (exact) mass is 328 g/mol. The highest BCUT2D eigenvalue weighted by molar-refractivity contribution is 6.42. The molecule has 0 unspecified atom stereocenters. The third-order valence-electron chi connectivity index (χ3n) is 4.11. The van der Waals surface area contributed by atoms with Crippen molar-refractivity contribution in [1.82, 2.24) is 10.2 Å². The van der Waals surface area contributed by atoms with Crippen molar-refractivity contribution in [3.8, 4) is 0 Å². The summed E-state index contributed by atoms with van der Waals surface area (Å²) in [4.78, 5) is 14.3. The van der Waals surface area contributed by atoms with E-state index in [4.69, 9.17) is 23.2 Å². The van der Waals surface area contributed by atoms with E-state index >= 15 is 0 Å². The summed E-state index contributed by atoms with van der Waals surface area (Å²) < 4.78 is 0. The standard InChI is InChI=1S/C16H22Cl2N2O/c1-19-7-4-12-5-8-20(9-6-12)16(21)11-13-2-3-14(17)15(18)10-13/h2-3,10,12,19H,4-9,11H2,1H3. The number of hydrogen-bond acceptors (Lipinski definition) is 2. The van der Waals surface area contributed by atoms with Crippen LogP contribution in [0.15, 0.2) is 18.2 Å². The number of nitrogens with zero attached hydrogens (tertiary/aromatic N) is 1. The summed E-state index contributed by atoms with van der Waals surface area (Å²) in [5.41, 5.74) is 0.923. The highest BCUT2D eigenvalue weighted by atomic mass is 35.5. The van der Waals surface area contributed by atoms with Crippen molar-refractivity contribution in [2.24, 2.45) is 5.92 Å². The van der Waals surface area contributed by atoms with E-state index in [0.29, 0.717) is 16.5 Å². The van der Waals surface area contributed by atoms with E-state index in [9.17, 15) is 4.79 Å². The summed E-state index contributed by atoms with van der Waals surface area (Å²) in [5.74, 6) is 0.923. The Balaban J connectivity index is 1.83. The lowest BCUT2D eigenvalue weighted by molar-refractivity contribution is -0.131. The lowest BCUT2D eigenvalue weighted by Gasteiger charge is -2.32. The zero-order valence-electron chi connectivity index (χ0n) is 12.4. The van der Waals surface area contributed by atoms with Crippen LogP contribution in [0.1, 0.15) is 24.8 Å². The Labute approximate surface area is 136 Å². The minimum atomic E-state index is 0.181. The van der Waals surface area contributed by atoms with Gasteiger partial charge in [-0.25, -0.2) is 0 Å². The van der Waals surface area contributed by atoms with Gasteiger partial charge in [-0.15, -0.1) is 0 Å². The predicted octanol–water partition coefficient (Wildman–Crippen LogP) is 3.38. The Kier molecular flexibility index (Phi) is 6.34. The van der Waals surface area contributed by atoms with Crippen molar-refractivity contribution < 1.29 is 4.79 Å². The SMILES string of the molecule is CNCCC1CCN(C(=O)Cc2ccc(Cl)c(Cl)c2)CC1. The molecule has 1 N–H and O–H groups in total. The molecule has 1 fully saturated rings. The average molecular weight is 329 g/mol. The van der Waals surface area contributed by atoms with Crippen LogP contribution in [0.5, 0.6) is 0 Å². The van der Waals surface area contributed by atoms with Crippen LogP contribution in [0.3, 0.4) is 0 Å². The average Bonchev–Trinajstić information content (AvgIpc) is 2.49. The van der Waals surface area contributed by atoms with Gasteiger partial charge >= 0.3 is 0 Å². The first-order valence-corrected chi connectivity index (χ1v) is 8.22. The maximum atomic E-state index is 12.3. The second kappa shape index (κ2) is 8.02. The van der Waals surface area contributed by atoms with E-state index in [-0.39, 0.29) is 5.91 Å². The molecule has 0 spiro atoms. The van der Waals surface area contributed by atoms with Gasteiger partial charge in [0.05, 0.1) is 16.5 Å². The van der Waals surface area contributed by atoms with Crippen LogP contribution in [0.4, 0.5) is 0 Å². The molecule has 3 nitrogen and oxygen atoms in total. The molecule has 1 aliphatic heterocycles. The molecular formula is C16H22Cl2N2O. The van der Waals surface area contributed by atoms with Gasteiger partial charge in [-0.05, 0) is 56.5 Å². The minimum absolute atomic E-state index is 0.181. The van der Waals surface area contributed by atoms with Gasteiger partial charge in [0.2, 0.25) is 5.91 Å². The molecule has 1 aromatic carbocycles. The van der Waals surface area contributed by atoms with Crippen LogP contribution < -0.4 is 5.32 Å². The number of hydrogen-bond donors (Lipinski definition) is 1. The maximum Gasteiger partial charge on any atom is 0.226 e. The molecule has 0 aliphatic carbocycles. The summed E-state index contributed by atoms with van der Waals surface area (Å²) in [6, 6.07) is 5.39. The zero-order valence-corrected chi connectivity index (χ0v) is 13.9. The van der Waals surface area contributed by atoms with Gasteiger partial charge in [0.1, 0.15) is 0 Å². The number of benzene rings is 1. The largest absolute Gasteiger partial charge is 0.342 e. The second-order valence-corrected chi connectivity index (χ2v) is 6.46. The van der Waals surface area contributed by atoms with Crippen LogP contribution in [-0.4, -0.2) is 37.5 Å². The first-order valence-electron chi connectivity index (χ1n) is 7.46. The van der Waals surface area contributed by atoms with Gasteiger partial charge in [-0.1, -0.05) is 29.3 Å². The van der Waals surface area contributed by atoms with Crippen LogP contribution in [0.25, 0.3) is 0 Å². The van der Waals surface area contributed by atoms with Gasteiger partial charge in [0.15, 0.2) is 0 Å². The van der Waals surface area contributed by atoms with E-state index in [1.165, 1.54) is 6.42 Å². The molecule has 0 aromatic heterocycles. The van der Waals surface area contributed by atoms with Crippen molar-refractivity contribution >= 4 is 29.1 Å². The normalized spacial score (nSPS) is 16.2. The number of nitrogens with one attached hydrogen (secondary N) is 1. The zero-order chi connectivity index (χ0) is 15.2. The molecule has 1 aliphatic rings. The number of halogens is 2. The highest BCUT2D eigenvalue weighted by Crippen LogP contribution is 2.24. The second-order valence-electron chi connectivity index (χ2n) is 5.64. The third-order valence-corrected chi connectivity index (χ3v) is 4.85. The number of carbonyl (C=O) groups excluding carboxylic acids is 1. The highest BCUT2D eigenvalue weighted by Gasteiger charge is 2.22. The molecule has 5 heteroatoms. The topological polar surface area (TPSA) is 32.3 Å². The number of likely N-dealkylation sites (tertiary alicyclic amines) is 1. The summed E-state index contributed by atoms with van der Waals surface area (Å²) in [7, 11) is 1.98. The molecule has 0 radical (unpaired) electrons. The molecule has 1 saturated heterocycles. The quantitative estimate of drug-likeness (QED) is 0.898. The Morgan fingerprint density at radius 3 is 2.62 bits per heavy atom. The molecular weight excluding hydrogens is 307 g/mol. The Bertz CT molecular complexity index is 485. The number of rotatable bonds is 5. The van der Waals surface area contributed by atoms with Gasteiger partial charge in [0, 0.05) is 13.1 Å². The molecule has 1 aromatic rings. The van der Waals surface area contributed by atoms with Crippen molar-refractivity contribution in [1.29, 1.82) is 0 Å². The summed E-state index contributed by atoms with van der Waals surface area (Å²) >= 11 is 11.9. The Hall–Kier alpha value is -0.770. The first-order chi connectivity index (χ1) is 10.1. The van der Waals surface area contributed by atoms with E-state index in [2.05, 4.69) is 5.32 Å². The van der Waals surface area contributed by atoms with Gasteiger partial charge in [-0.3, -0.25) is 4.79 Å². The molecule has 2 rings (SSSR count). The lowest BCUT2D eigenvalue weighted by Crippen LogP contribution is -2.39. The maximum absolute atomic E-state index is 12.3. The Morgan fingerprint density at radius 1 is 1.29 bits per heavy atom. The van der Waals surface area contributed by atoms with Crippen LogP contribution in [-0.2, 0) is 11.2 Å². The Morgan fingerprint density at radius 2 is 2.00 bits per heavy atom. The summed E-state index contributed by atoms with van der Waals surface area (Å²) in [6.45, 7) is 2.80. The number of piperidine rings is 1. The fraction of sp³-hybridized carbons (Fsp3) is 0.562. The van der Waals surface area contributed by atoms with Crippen LogP contribution in [0, 0.1) is 5.92 Å². The van der Waals surface area contributed by atoms with E-state index in [0.717, 1.165) is 44.0 Å². The third kappa shape index (κ3) is 4.87. The van der Waals surface area contributed by atoms with Gasteiger partial charge in [-0.2, -0.15) is 0 Å². The van der Waals surface area contributed by atoms with Crippen molar-refractivity contribution in [3.63, 3.8) is 0 Å². The minimum Gasteiger partial charge on any atom is -0.342 e. The molecule has 21 heavy (non-hydrogen) atoms. The van der Waals surface area contributed by atoms with E-state index in [1.807, 2.05) is 18.0 Å². The van der Waals surface area contributed by atoms with E-state index < -0.39 is 0 Å². The van der Waals surface area contributed by atoms with E-state index in [1.54, 1.807) is 12.1 Å². The summed E-state index contributed by atoms with van der Waals surface area (Å²) in [5, 5.41) is 4.22. The smallest absolute Gasteiger partial charge is 0.226 e. The van der Waals surface area contributed by atoms with Crippen molar-refractivity contribution in [2.45, 2.75) is 25.7 Å². The lowest BCUT2D eigenvalue weighted by atomic mass is 9.93. The van der Waals surface area contributed by atoms with Crippen molar-refractivity contribution in [2.75, 3.05) is 26.7 Å². The van der Waals surface area contributed by atoms with Gasteiger partial charge < -0.3 is 10.2 Å². The fourth-order valence-corrected chi connectivity index (χ4v) is 3.08. The van der Waals surface area contributed by atoms with Gasteiger partial charge in [0.25, 0.3) is 0 Å². The number of amides is 1. The van der Waals surface area contributed by atoms with Crippen LogP contribution >= 0.6 is 23.2 Å². The number of carbonyl (C=O) groups is 1. The summed E-state index contributed by atoms with van der Waals surface area (Å²) in [6.07, 6.45) is 3.81. The molecule has 0 bridgehead atoms. The molecule has 1 amide bonds.